The number of benzene rings is 1. The molecule has 0 aliphatic carbocycles. The van der Waals surface area contributed by atoms with Gasteiger partial charge in [0.1, 0.15) is 0 Å². The molecule has 1 aliphatic heterocycles. The Morgan fingerprint density at radius 2 is 2.11 bits per heavy atom. The number of rotatable bonds is 1. The maximum Gasteiger partial charge on any atom is 0.257 e. The summed E-state index contributed by atoms with van der Waals surface area (Å²) >= 11 is 0. The summed E-state index contributed by atoms with van der Waals surface area (Å²) in [5.41, 5.74) is -0.662. The highest BCUT2D eigenvalue weighted by Crippen LogP contribution is 2.27. The lowest BCUT2D eigenvalue weighted by Gasteiger charge is -2.34. The van der Waals surface area contributed by atoms with Crippen molar-refractivity contribution in [3.05, 3.63) is 29.1 Å². The number of piperazine rings is 1. The number of aromatic hydroxyl groups is 1. The lowest BCUT2D eigenvalue weighted by Crippen LogP contribution is -2.52. The van der Waals surface area contributed by atoms with E-state index in [0.717, 1.165) is 0 Å². The van der Waals surface area contributed by atoms with Crippen LogP contribution in [0.15, 0.2) is 6.07 Å². The minimum atomic E-state index is -1.69. The standard InChI is InChI=1S/C12H13F3N2O2/c1-6-5-16-2-3-17(6)12(19)7-4-8(13)10(15)11(18)9(7)14/h4,6,16,18H,2-3,5H2,1H3. The van der Waals surface area contributed by atoms with Gasteiger partial charge in [-0.3, -0.25) is 4.79 Å². The second-order valence-electron chi connectivity index (χ2n) is 4.43. The molecule has 1 aromatic carbocycles. The number of phenols is 1. The molecule has 7 heteroatoms. The number of hydrogen-bond donors (Lipinski definition) is 2. The molecule has 1 atom stereocenters. The maximum atomic E-state index is 13.7. The van der Waals surface area contributed by atoms with Crippen molar-refractivity contribution in [2.24, 2.45) is 0 Å². The highest BCUT2D eigenvalue weighted by atomic mass is 19.2. The van der Waals surface area contributed by atoms with Crippen LogP contribution in [-0.4, -0.2) is 41.6 Å². The van der Waals surface area contributed by atoms with Gasteiger partial charge in [0.2, 0.25) is 5.82 Å². The highest BCUT2D eigenvalue weighted by Gasteiger charge is 2.29. The van der Waals surface area contributed by atoms with Crippen LogP contribution in [0.1, 0.15) is 17.3 Å². The summed E-state index contributed by atoms with van der Waals surface area (Å²) in [5, 5.41) is 12.2. The molecule has 104 valence electrons. The first-order valence-electron chi connectivity index (χ1n) is 5.81. The van der Waals surface area contributed by atoms with Gasteiger partial charge >= 0.3 is 0 Å². The lowest BCUT2D eigenvalue weighted by molar-refractivity contribution is 0.0649. The average Bonchev–Trinajstić information content (AvgIpc) is 2.40. The van der Waals surface area contributed by atoms with E-state index >= 15 is 0 Å². The van der Waals surface area contributed by atoms with Gasteiger partial charge in [-0.05, 0) is 13.0 Å². The van der Waals surface area contributed by atoms with Crippen molar-refractivity contribution in [2.75, 3.05) is 19.6 Å². The molecule has 0 saturated carbocycles. The van der Waals surface area contributed by atoms with Crippen molar-refractivity contribution in [1.82, 2.24) is 10.2 Å². The van der Waals surface area contributed by atoms with E-state index in [9.17, 15) is 18.0 Å². The van der Waals surface area contributed by atoms with Crippen LogP contribution in [0, 0.1) is 17.5 Å². The number of carbonyl (C=O) groups is 1. The number of nitrogens with zero attached hydrogens (tertiary/aromatic N) is 1. The Morgan fingerprint density at radius 3 is 2.74 bits per heavy atom. The minimum Gasteiger partial charge on any atom is -0.503 e. The van der Waals surface area contributed by atoms with Crippen molar-refractivity contribution in [2.45, 2.75) is 13.0 Å². The van der Waals surface area contributed by atoms with E-state index in [4.69, 9.17) is 5.11 Å². The van der Waals surface area contributed by atoms with Crippen LogP contribution in [0.2, 0.25) is 0 Å². The Morgan fingerprint density at radius 1 is 1.42 bits per heavy atom. The van der Waals surface area contributed by atoms with Crippen molar-refractivity contribution in [1.29, 1.82) is 0 Å². The fourth-order valence-electron chi connectivity index (χ4n) is 2.04. The van der Waals surface area contributed by atoms with Gasteiger partial charge in [0.05, 0.1) is 5.56 Å². The van der Waals surface area contributed by atoms with E-state index in [0.29, 0.717) is 25.7 Å². The number of halogens is 3. The molecule has 1 unspecified atom stereocenters. The number of amides is 1. The molecule has 0 spiro atoms. The predicted octanol–water partition coefficient (Wildman–Crippen LogP) is 1.24. The molecule has 1 saturated heterocycles. The lowest BCUT2D eigenvalue weighted by atomic mass is 10.1. The average molecular weight is 274 g/mol. The molecule has 0 aromatic heterocycles. The van der Waals surface area contributed by atoms with E-state index in [1.807, 2.05) is 0 Å². The van der Waals surface area contributed by atoms with Gasteiger partial charge in [-0.1, -0.05) is 0 Å². The summed E-state index contributed by atoms with van der Waals surface area (Å²) in [6.07, 6.45) is 0. The van der Waals surface area contributed by atoms with Crippen LogP contribution in [0.5, 0.6) is 5.75 Å². The summed E-state index contributed by atoms with van der Waals surface area (Å²) in [4.78, 5) is 13.5. The quantitative estimate of drug-likeness (QED) is 0.758. The summed E-state index contributed by atoms with van der Waals surface area (Å²) in [6.45, 7) is 3.15. The van der Waals surface area contributed by atoms with Crippen molar-refractivity contribution >= 4 is 5.91 Å². The molecule has 1 amide bonds. The molecular formula is C12H13F3N2O2. The molecule has 19 heavy (non-hydrogen) atoms. The zero-order chi connectivity index (χ0) is 14.2. The van der Waals surface area contributed by atoms with Crippen LogP contribution < -0.4 is 5.32 Å². The van der Waals surface area contributed by atoms with Crippen LogP contribution in [0.4, 0.5) is 13.2 Å². The van der Waals surface area contributed by atoms with E-state index in [-0.39, 0.29) is 6.04 Å². The summed E-state index contributed by atoms with van der Waals surface area (Å²) < 4.78 is 39.8. The number of carbonyl (C=O) groups excluding carboxylic acids is 1. The number of phenolic OH excluding ortho intramolecular Hbond substituents is 1. The summed E-state index contributed by atoms with van der Waals surface area (Å²) in [6, 6.07) is 0.275. The molecule has 1 aliphatic rings. The fraction of sp³-hybridized carbons (Fsp3) is 0.417. The monoisotopic (exact) mass is 274 g/mol. The first kappa shape index (κ1) is 13.7. The second kappa shape index (κ2) is 5.08. The van der Waals surface area contributed by atoms with E-state index in [1.165, 1.54) is 4.90 Å². The molecular weight excluding hydrogens is 261 g/mol. The van der Waals surface area contributed by atoms with Crippen LogP contribution in [0.25, 0.3) is 0 Å². The number of hydrogen-bond acceptors (Lipinski definition) is 3. The van der Waals surface area contributed by atoms with Crippen molar-refractivity contribution in [3.8, 4) is 5.75 Å². The van der Waals surface area contributed by atoms with Gasteiger partial charge in [-0.25, -0.2) is 8.78 Å². The van der Waals surface area contributed by atoms with Crippen LogP contribution in [0.3, 0.4) is 0 Å². The zero-order valence-corrected chi connectivity index (χ0v) is 10.2. The van der Waals surface area contributed by atoms with Gasteiger partial charge in [0.25, 0.3) is 5.91 Å². The normalized spacial score (nSPS) is 19.6. The SMILES string of the molecule is CC1CNCCN1C(=O)c1cc(F)c(F)c(O)c1F. The Hall–Kier alpha value is -1.76. The summed E-state index contributed by atoms with van der Waals surface area (Å²) in [7, 11) is 0. The van der Waals surface area contributed by atoms with E-state index in [2.05, 4.69) is 5.32 Å². The third-order valence-electron chi connectivity index (χ3n) is 3.13. The van der Waals surface area contributed by atoms with E-state index in [1.54, 1.807) is 6.92 Å². The number of nitrogens with one attached hydrogen (secondary N) is 1. The third-order valence-corrected chi connectivity index (χ3v) is 3.13. The molecule has 0 bridgehead atoms. The Balaban J connectivity index is 2.39. The maximum absolute atomic E-state index is 13.7. The zero-order valence-electron chi connectivity index (χ0n) is 10.2. The molecule has 2 rings (SSSR count). The fourth-order valence-corrected chi connectivity index (χ4v) is 2.04. The van der Waals surface area contributed by atoms with Gasteiger partial charge < -0.3 is 15.3 Å². The molecule has 4 nitrogen and oxygen atoms in total. The van der Waals surface area contributed by atoms with E-state index < -0.39 is 34.7 Å². The third kappa shape index (κ3) is 2.37. The Labute approximate surface area is 107 Å². The molecule has 1 heterocycles. The smallest absolute Gasteiger partial charge is 0.257 e. The second-order valence-corrected chi connectivity index (χ2v) is 4.43. The minimum absolute atomic E-state index is 0.198. The molecule has 0 radical (unpaired) electrons. The van der Waals surface area contributed by atoms with Gasteiger partial charge in [0.15, 0.2) is 17.4 Å². The highest BCUT2D eigenvalue weighted by molar-refractivity contribution is 5.95. The molecule has 1 aromatic rings. The predicted molar refractivity (Wildman–Crippen MR) is 61.3 cm³/mol. The Kier molecular flexibility index (Phi) is 3.66. The van der Waals surface area contributed by atoms with Gasteiger partial charge in [-0.15, -0.1) is 0 Å². The van der Waals surface area contributed by atoms with Gasteiger partial charge in [0, 0.05) is 25.7 Å². The first-order valence-corrected chi connectivity index (χ1v) is 5.81. The van der Waals surface area contributed by atoms with Crippen molar-refractivity contribution in [3.63, 3.8) is 0 Å². The first-order chi connectivity index (χ1) is 8.93. The summed E-state index contributed by atoms with van der Waals surface area (Å²) in [5.74, 6) is -6.81. The van der Waals surface area contributed by atoms with Crippen molar-refractivity contribution < 1.29 is 23.1 Å². The van der Waals surface area contributed by atoms with Crippen LogP contribution >= 0.6 is 0 Å². The molecule has 1 fully saturated rings. The Bertz CT molecular complexity index is 522. The van der Waals surface area contributed by atoms with Gasteiger partial charge in [-0.2, -0.15) is 4.39 Å². The molecule has 2 N–H and O–H groups in total. The van der Waals surface area contributed by atoms with Crippen LogP contribution in [-0.2, 0) is 0 Å². The largest absolute Gasteiger partial charge is 0.503 e. The topological polar surface area (TPSA) is 52.6 Å².